The topological polar surface area (TPSA) is 21.3 Å². The molecule has 2 rings (SSSR count). The molecule has 0 aliphatic carbocycles. The average Bonchev–Trinajstić information content (AvgIpc) is 2.46. The lowest BCUT2D eigenvalue weighted by molar-refractivity contribution is 0.406. The molecule has 106 valence electrons. The Morgan fingerprint density at radius 2 is 1.95 bits per heavy atom. The van der Waals surface area contributed by atoms with Crippen molar-refractivity contribution in [2.24, 2.45) is 0 Å². The summed E-state index contributed by atoms with van der Waals surface area (Å²) in [7, 11) is 3.69. The molecule has 3 heteroatoms. The molecule has 2 nitrogen and oxygen atoms in total. The van der Waals surface area contributed by atoms with Crippen LogP contribution in [0.2, 0.25) is 5.02 Å². The first-order valence-corrected chi connectivity index (χ1v) is 7.08. The monoisotopic (exact) mass is 289 g/mol. The van der Waals surface area contributed by atoms with Crippen LogP contribution in [-0.2, 0) is 6.42 Å². The van der Waals surface area contributed by atoms with E-state index in [1.165, 1.54) is 16.7 Å². The van der Waals surface area contributed by atoms with Gasteiger partial charge >= 0.3 is 0 Å². The molecule has 0 bridgehead atoms. The van der Waals surface area contributed by atoms with Crippen LogP contribution in [0.5, 0.6) is 5.75 Å². The minimum atomic E-state index is 0.239. The molecule has 2 aromatic rings. The molecule has 0 heterocycles. The Labute approximate surface area is 125 Å². The van der Waals surface area contributed by atoms with E-state index in [0.29, 0.717) is 0 Å². The largest absolute Gasteiger partial charge is 0.496 e. The molecular formula is C17H20ClNO. The molecule has 1 N–H and O–H groups in total. The van der Waals surface area contributed by atoms with Crippen molar-refractivity contribution in [3.05, 3.63) is 64.2 Å². The second-order valence-electron chi connectivity index (χ2n) is 4.86. The third-order valence-electron chi connectivity index (χ3n) is 3.57. The van der Waals surface area contributed by atoms with Gasteiger partial charge in [-0.2, -0.15) is 0 Å². The minimum absolute atomic E-state index is 0.239. The molecule has 0 spiro atoms. The lowest BCUT2D eigenvalue weighted by Crippen LogP contribution is -2.20. The Hall–Kier alpha value is -1.51. The van der Waals surface area contributed by atoms with E-state index in [-0.39, 0.29) is 6.04 Å². The molecule has 0 aliphatic rings. The summed E-state index contributed by atoms with van der Waals surface area (Å²) < 4.78 is 5.43. The lowest BCUT2D eigenvalue weighted by Gasteiger charge is -2.20. The minimum Gasteiger partial charge on any atom is -0.496 e. The SMILES string of the molecule is CNC(Cc1ccccc1OC)c1ccc(Cl)cc1C. The maximum absolute atomic E-state index is 6.03. The van der Waals surface area contributed by atoms with Crippen LogP contribution in [0.4, 0.5) is 0 Å². The van der Waals surface area contributed by atoms with Crippen molar-refractivity contribution in [3.63, 3.8) is 0 Å². The molecule has 1 atom stereocenters. The van der Waals surface area contributed by atoms with E-state index in [0.717, 1.165) is 17.2 Å². The van der Waals surface area contributed by atoms with Gasteiger partial charge in [0.05, 0.1) is 7.11 Å². The Kier molecular flexibility index (Phi) is 5.05. The number of ether oxygens (including phenoxy) is 1. The van der Waals surface area contributed by atoms with E-state index in [4.69, 9.17) is 16.3 Å². The van der Waals surface area contributed by atoms with Gasteiger partial charge in [0, 0.05) is 11.1 Å². The maximum Gasteiger partial charge on any atom is 0.122 e. The molecule has 0 radical (unpaired) electrons. The fraction of sp³-hybridized carbons (Fsp3) is 0.294. The normalized spacial score (nSPS) is 12.2. The summed E-state index contributed by atoms with van der Waals surface area (Å²) in [4.78, 5) is 0. The summed E-state index contributed by atoms with van der Waals surface area (Å²) in [6, 6.07) is 14.4. The van der Waals surface area contributed by atoms with Crippen molar-refractivity contribution in [1.82, 2.24) is 5.32 Å². The predicted molar refractivity (Wildman–Crippen MR) is 84.7 cm³/mol. The summed E-state index contributed by atoms with van der Waals surface area (Å²) in [5.41, 5.74) is 3.67. The molecular weight excluding hydrogens is 270 g/mol. The zero-order valence-electron chi connectivity index (χ0n) is 12.1. The maximum atomic E-state index is 6.03. The smallest absolute Gasteiger partial charge is 0.122 e. The van der Waals surface area contributed by atoms with E-state index in [2.05, 4.69) is 24.4 Å². The fourth-order valence-electron chi connectivity index (χ4n) is 2.49. The Balaban J connectivity index is 2.29. The second-order valence-corrected chi connectivity index (χ2v) is 5.29. The summed E-state index contributed by atoms with van der Waals surface area (Å²) in [5.74, 6) is 0.930. The summed E-state index contributed by atoms with van der Waals surface area (Å²) in [6.07, 6.45) is 0.878. The van der Waals surface area contributed by atoms with Gasteiger partial charge in [0.1, 0.15) is 5.75 Å². The molecule has 0 aliphatic heterocycles. The molecule has 0 aromatic heterocycles. The Morgan fingerprint density at radius 1 is 1.20 bits per heavy atom. The van der Waals surface area contributed by atoms with Crippen LogP contribution in [0.1, 0.15) is 22.7 Å². The summed E-state index contributed by atoms with van der Waals surface area (Å²) >= 11 is 6.03. The number of para-hydroxylation sites is 1. The Bertz CT molecular complexity index is 583. The third kappa shape index (κ3) is 3.33. The highest BCUT2D eigenvalue weighted by molar-refractivity contribution is 6.30. The van der Waals surface area contributed by atoms with Gasteiger partial charge < -0.3 is 10.1 Å². The first-order valence-electron chi connectivity index (χ1n) is 6.71. The van der Waals surface area contributed by atoms with Crippen LogP contribution in [-0.4, -0.2) is 14.2 Å². The highest BCUT2D eigenvalue weighted by atomic mass is 35.5. The van der Waals surface area contributed by atoms with E-state index in [9.17, 15) is 0 Å². The highest BCUT2D eigenvalue weighted by Crippen LogP contribution is 2.27. The van der Waals surface area contributed by atoms with Gasteiger partial charge in [0.15, 0.2) is 0 Å². The van der Waals surface area contributed by atoms with Gasteiger partial charge in [0.25, 0.3) is 0 Å². The number of aryl methyl sites for hydroxylation is 1. The van der Waals surface area contributed by atoms with Crippen molar-refractivity contribution < 1.29 is 4.74 Å². The molecule has 0 saturated carbocycles. The number of rotatable bonds is 5. The molecule has 0 saturated heterocycles. The van der Waals surface area contributed by atoms with Crippen LogP contribution in [0.3, 0.4) is 0 Å². The molecule has 20 heavy (non-hydrogen) atoms. The first-order chi connectivity index (χ1) is 9.65. The van der Waals surface area contributed by atoms with Gasteiger partial charge in [-0.1, -0.05) is 35.9 Å². The highest BCUT2D eigenvalue weighted by Gasteiger charge is 2.15. The van der Waals surface area contributed by atoms with Crippen molar-refractivity contribution >= 4 is 11.6 Å². The number of hydrogen-bond donors (Lipinski definition) is 1. The van der Waals surface area contributed by atoms with E-state index in [1.807, 2.05) is 37.4 Å². The molecule has 0 fully saturated rings. The van der Waals surface area contributed by atoms with E-state index < -0.39 is 0 Å². The number of likely N-dealkylation sites (N-methyl/N-ethyl adjacent to an activating group) is 1. The van der Waals surface area contributed by atoms with Crippen molar-refractivity contribution in [2.45, 2.75) is 19.4 Å². The van der Waals surface area contributed by atoms with Crippen molar-refractivity contribution in [2.75, 3.05) is 14.2 Å². The number of benzene rings is 2. The Morgan fingerprint density at radius 3 is 2.60 bits per heavy atom. The average molecular weight is 290 g/mol. The number of methoxy groups -OCH3 is 1. The summed E-state index contributed by atoms with van der Waals surface area (Å²) in [5, 5.41) is 4.16. The molecule has 1 unspecified atom stereocenters. The van der Waals surface area contributed by atoms with Crippen LogP contribution < -0.4 is 10.1 Å². The number of hydrogen-bond acceptors (Lipinski definition) is 2. The van der Waals surface area contributed by atoms with Crippen LogP contribution >= 0.6 is 11.6 Å². The first kappa shape index (κ1) is 14.9. The van der Waals surface area contributed by atoms with Crippen LogP contribution in [0, 0.1) is 6.92 Å². The van der Waals surface area contributed by atoms with Crippen LogP contribution in [0.15, 0.2) is 42.5 Å². The standard InChI is InChI=1S/C17H20ClNO/c1-12-10-14(18)8-9-15(12)16(19-2)11-13-6-4-5-7-17(13)20-3/h4-10,16,19H,11H2,1-3H3. The van der Waals surface area contributed by atoms with Crippen molar-refractivity contribution in [1.29, 1.82) is 0 Å². The lowest BCUT2D eigenvalue weighted by atomic mass is 9.95. The second kappa shape index (κ2) is 6.78. The quantitative estimate of drug-likeness (QED) is 0.892. The van der Waals surface area contributed by atoms with Crippen LogP contribution in [0.25, 0.3) is 0 Å². The van der Waals surface area contributed by atoms with Gasteiger partial charge in [-0.05, 0) is 55.3 Å². The van der Waals surface area contributed by atoms with E-state index >= 15 is 0 Å². The summed E-state index contributed by atoms with van der Waals surface area (Å²) in [6.45, 7) is 2.09. The van der Waals surface area contributed by atoms with Gasteiger partial charge in [-0.3, -0.25) is 0 Å². The van der Waals surface area contributed by atoms with Gasteiger partial charge in [0.2, 0.25) is 0 Å². The van der Waals surface area contributed by atoms with Crippen molar-refractivity contribution in [3.8, 4) is 5.75 Å². The zero-order valence-corrected chi connectivity index (χ0v) is 12.9. The fourth-order valence-corrected chi connectivity index (χ4v) is 2.72. The molecule has 2 aromatic carbocycles. The third-order valence-corrected chi connectivity index (χ3v) is 3.81. The van der Waals surface area contributed by atoms with Gasteiger partial charge in [-0.25, -0.2) is 0 Å². The number of halogens is 1. The van der Waals surface area contributed by atoms with Gasteiger partial charge in [-0.15, -0.1) is 0 Å². The molecule has 0 amide bonds. The van der Waals surface area contributed by atoms with E-state index in [1.54, 1.807) is 7.11 Å². The zero-order chi connectivity index (χ0) is 14.5. The number of nitrogens with one attached hydrogen (secondary N) is 1. The predicted octanol–water partition coefficient (Wildman–Crippen LogP) is 4.16.